The van der Waals surface area contributed by atoms with E-state index in [0.29, 0.717) is 18.4 Å². The number of halogens is 3. The molecule has 0 saturated heterocycles. The largest absolute Gasteiger partial charge is 0.407 e. The van der Waals surface area contributed by atoms with E-state index in [1.807, 2.05) is 6.92 Å². The Morgan fingerprint density at radius 2 is 1.74 bits per heavy atom. The van der Waals surface area contributed by atoms with E-state index in [0.717, 1.165) is 41.3 Å². The van der Waals surface area contributed by atoms with Gasteiger partial charge in [0.1, 0.15) is 0 Å². The summed E-state index contributed by atoms with van der Waals surface area (Å²) in [7, 11) is 0. The zero-order chi connectivity index (χ0) is 19.6. The fourth-order valence-electron chi connectivity index (χ4n) is 3.15. The lowest BCUT2D eigenvalue weighted by molar-refractivity contribution is -0.136. The summed E-state index contributed by atoms with van der Waals surface area (Å²) in [6, 6.07) is 7.67. The molecule has 4 nitrogen and oxygen atoms in total. The Hall–Kier alpha value is -2.88. The molecule has 1 heterocycles. The Labute approximate surface area is 154 Å². The third-order valence-corrected chi connectivity index (χ3v) is 4.60. The lowest BCUT2D eigenvalue weighted by Crippen LogP contribution is -2.23. The normalized spacial score (nSPS) is 14.7. The van der Waals surface area contributed by atoms with Gasteiger partial charge in [0.25, 0.3) is 11.2 Å². The van der Waals surface area contributed by atoms with Crippen LogP contribution in [0.1, 0.15) is 43.2 Å². The summed E-state index contributed by atoms with van der Waals surface area (Å²) in [6.45, 7) is 8.95. The van der Waals surface area contributed by atoms with Crippen molar-refractivity contribution >= 4 is 11.4 Å². The molecule has 3 rings (SSSR count). The van der Waals surface area contributed by atoms with E-state index < -0.39 is 23.0 Å². The van der Waals surface area contributed by atoms with Crippen LogP contribution >= 0.6 is 0 Å². The molecule has 0 atom stereocenters. The Kier molecular flexibility index (Phi) is 5.17. The predicted octanol–water partition coefficient (Wildman–Crippen LogP) is 5.56. The molecule has 0 spiro atoms. The van der Waals surface area contributed by atoms with Crippen molar-refractivity contribution in [1.29, 1.82) is 0 Å². The van der Waals surface area contributed by atoms with Crippen molar-refractivity contribution in [3.63, 3.8) is 0 Å². The molecule has 0 amide bonds. The number of nitrogens with zero attached hydrogens (tertiary/aromatic N) is 3. The molecule has 0 unspecified atom stereocenters. The standard InChI is InChI=1S/C20H18F3N3O/c1-13-8-10-14(11-9-13)17-12-16(20(21,22)23)18(24-2)19(27)26(17)25-15-6-4-3-5-7-15/h8-12H,3-7H2,1H3. The van der Waals surface area contributed by atoms with Crippen LogP contribution < -0.4 is 5.56 Å². The molecular formula is C20H18F3N3O. The van der Waals surface area contributed by atoms with Gasteiger partial charge in [-0.15, -0.1) is 0 Å². The molecule has 2 aromatic rings. The van der Waals surface area contributed by atoms with Gasteiger partial charge >= 0.3 is 6.18 Å². The SMILES string of the molecule is [C-]#[N+]c1c(C(F)(F)F)cc(-c2ccc(C)cc2)n(N=C2CCCCC2)c1=O. The molecule has 1 aliphatic rings. The van der Waals surface area contributed by atoms with E-state index in [4.69, 9.17) is 6.57 Å². The molecule has 1 aliphatic carbocycles. The van der Waals surface area contributed by atoms with Gasteiger partial charge in [-0.05, 0) is 38.7 Å². The van der Waals surface area contributed by atoms with E-state index in [-0.39, 0.29) is 5.69 Å². The van der Waals surface area contributed by atoms with Crippen molar-refractivity contribution in [2.24, 2.45) is 5.10 Å². The van der Waals surface area contributed by atoms with Crippen molar-refractivity contribution < 1.29 is 13.2 Å². The number of alkyl halides is 3. The molecular weight excluding hydrogens is 355 g/mol. The third kappa shape index (κ3) is 3.95. The van der Waals surface area contributed by atoms with E-state index in [1.54, 1.807) is 24.3 Å². The smallest absolute Gasteiger partial charge is 0.281 e. The van der Waals surface area contributed by atoms with Gasteiger partial charge in [-0.2, -0.15) is 18.3 Å². The number of hydrogen-bond acceptors (Lipinski definition) is 2. The molecule has 0 bridgehead atoms. The van der Waals surface area contributed by atoms with Crippen molar-refractivity contribution in [3.05, 3.63) is 63.2 Å². The van der Waals surface area contributed by atoms with Crippen LogP contribution in [0.4, 0.5) is 18.9 Å². The number of hydrogen-bond donors (Lipinski definition) is 0. The fourth-order valence-corrected chi connectivity index (χ4v) is 3.15. The summed E-state index contributed by atoms with van der Waals surface area (Å²) in [6.07, 6.45) is -0.454. The van der Waals surface area contributed by atoms with Crippen LogP contribution in [0.2, 0.25) is 0 Å². The van der Waals surface area contributed by atoms with Crippen molar-refractivity contribution in [2.75, 3.05) is 0 Å². The number of rotatable bonds is 2. The van der Waals surface area contributed by atoms with Gasteiger partial charge in [-0.1, -0.05) is 36.2 Å². The topological polar surface area (TPSA) is 38.7 Å². The second-order valence-corrected chi connectivity index (χ2v) is 6.61. The maximum atomic E-state index is 13.4. The van der Waals surface area contributed by atoms with Gasteiger partial charge in [0.05, 0.1) is 17.8 Å². The molecule has 0 aliphatic heterocycles. The first-order valence-electron chi connectivity index (χ1n) is 8.69. The fraction of sp³-hybridized carbons (Fsp3) is 0.350. The van der Waals surface area contributed by atoms with Crippen molar-refractivity contribution in [1.82, 2.24) is 4.68 Å². The van der Waals surface area contributed by atoms with Gasteiger partial charge in [-0.25, -0.2) is 9.52 Å². The molecule has 1 saturated carbocycles. The second kappa shape index (κ2) is 7.39. The molecule has 0 N–H and O–H groups in total. The highest BCUT2D eigenvalue weighted by Crippen LogP contribution is 2.37. The van der Waals surface area contributed by atoms with Gasteiger partial charge in [-0.3, -0.25) is 4.79 Å². The quantitative estimate of drug-likeness (QED) is 0.635. The second-order valence-electron chi connectivity index (χ2n) is 6.61. The number of aromatic nitrogens is 1. The summed E-state index contributed by atoms with van der Waals surface area (Å²) >= 11 is 0. The molecule has 0 radical (unpaired) electrons. The number of benzene rings is 1. The van der Waals surface area contributed by atoms with Crippen LogP contribution in [0.3, 0.4) is 0 Å². The Bertz CT molecular complexity index is 972. The van der Waals surface area contributed by atoms with Gasteiger partial charge in [0.2, 0.25) is 0 Å². The lowest BCUT2D eigenvalue weighted by atomic mass is 9.99. The van der Waals surface area contributed by atoms with Crippen LogP contribution in [-0.4, -0.2) is 10.4 Å². The molecule has 7 heteroatoms. The zero-order valence-corrected chi connectivity index (χ0v) is 14.8. The van der Waals surface area contributed by atoms with Crippen molar-refractivity contribution in [2.45, 2.75) is 45.2 Å². The first kappa shape index (κ1) is 18.9. The predicted molar refractivity (Wildman–Crippen MR) is 98.1 cm³/mol. The monoisotopic (exact) mass is 373 g/mol. The van der Waals surface area contributed by atoms with Gasteiger partial charge in [0, 0.05) is 11.3 Å². The summed E-state index contributed by atoms with van der Waals surface area (Å²) in [5.41, 5.74) is -1.00. The minimum absolute atomic E-state index is 0.0396. The van der Waals surface area contributed by atoms with E-state index in [2.05, 4.69) is 9.95 Å². The molecule has 27 heavy (non-hydrogen) atoms. The van der Waals surface area contributed by atoms with E-state index >= 15 is 0 Å². The summed E-state index contributed by atoms with van der Waals surface area (Å²) in [5.74, 6) is 0. The van der Waals surface area contributed by atoms with E-state index in [1.165, 1.54) is 0 Å². The number of pyridine rings is 1. The summed E-state index contributed by atoms with van der Waals surface area (Å²) in [4.78, 5) is 15.6. The first-order valence-corrected chi connectivity index (χ1v) is 8.69. The third-order valence-electron chi connectivity index (χ3n) is 4.60. The Balaban J connectivity index is 2.31. The van der Waals surface area contributed by atoms with Crippen LogP contribution in [0, 0.1) is 13.5 Å². The first-order chi connectivity index (χ1) is 12.8. The highest BCUT2D eigenvalue weighted by atomic mass is 19.4. The van der Waals surface area contributed by atoms with Crippen LogP contribution in [0.5, 0.6) is 0 Å². The average Bonchev–Trinajstić information content (AvgIpc) is 2.64. The highest BCUT2D eigenvalue weighted by Gasteiger charge is 2.36. The molecule has 140 valence electrons. The zero-order valence-electron chi connectivity index (χ0n) is 14.8. The van der Waals surface area contributed by atoms with Crippen molar-refractivity contribution in [3.8, 4) is 11.3 Å². The summed E-state index contributed by atoms with van der Waals surface area (Å²) in [5, 5.41) is 4.36. The highest BCUT2D eigenvalue weighted by molar-refractivity contribution is 5.85. The van der Waals surface area contributed by atoms with Crippen LogP contribution in [0.25, 0.3) is 16.1 Å². The van der Waals surface area contributed by atoms with Crippen LogP contribution in [-0.2, 0) is 6.18 Å². The minimum atomic E-state index is -4.80. The van der Waals surface area contributed by atoms with E-state index in [9.17, 15) is 18.0 Å². The molecule has 1 aromatic carbocycles. The molecule has 1 aromatic heterocycles. The maximum absolute atomic E-state index is 13.4. The molecule has 1 fully saturated rings. The Morgan fingerprint density at radius 1 is 1.11 bits per heavy atom. The average molecular weight is 373 g/mol. The minimum Gasteiger partial charge on any atom is -0.281 e. The van der Waals surface area contributed by atoms with Gasteiger partial charge in [0.15, 0.2) is 0 Å². The maximum Gasteiger partial charge on any atom is 0.407 e. The van der Waals surface area contributed by atoms with Gasteiger partial charge < -0.3 is 0 Å². The lowest BCUT2D eigenvalue weighted by Gasteiger charge is -2.17. The van der Waals surface area contributed by atoms with Crippen LogP contribution in [0.15, 0.2) is 40.2 Å². The Morgan fingerprint density at radius 3 is 2.30 bits per heavy atom. The number of aryl methyl sites for hydroxylation is 1. The summed E-state index contributed by atoms with van der Waals surface area (Å²) < 4.78 is 41.3.